The van der Waals surface area contributed by atoms with Gasteiger partial charge < -0.3 is 11.1 Å². The van der Waals surface area contributed by atoms with Gasteiger partial charge in [0.2, 0.25) is 0 Å². The third-order valence-electron chi connectivity index (χ3n) is 2.63. The SMILES string of the molecule is CC1=CCC[C@@H](C/C(=C/N)NC=S)C1. The van der Waals surface area contributed by atoms with Gasteiger partial charge in [-0.3, -0.25) is 0 Å². The Labute approximate surface area is 91.3 Å². The summed E-state index contributed by atoms with van der Waals surface area (Å²) in [6, 6.07) is 0. The van der Waals surface area contributed by atoms with E-state index in [1.807, 2.05) is 0 Å². The van der Waals surface area contributed by atoms with E-state index in [2.05, 4.69) is 18.3 Å². The Morgan fingerprint density at radius 1 is 1.79 bits per heavy atom. The average Bonchev–Trinajstić information content (AvgIpc) is 2.17. The molecule has 0 aliphatic heterocycles. The highest BCUT2D eigenvalue weighted by Gasteiger charge is 2.14. The van der Waals surface area contributed by atoms with Crippen LogP contribution in [-0.4, -0.2) is 5.49 Å². The third kappa shape index (κ3) is 3.50. The fourth-order valence-electron chi connectivity index (χ4n) is 1.94. The molecule has 3 heteroatoms. The molecule has 0 aromatic heterocycles. The second kappa shape index (κ2) is 5.81. The molecule has 0 fully saturated rings. The summed E-state index contributed by atoms with van der Waals surface area (Å²) in [5, 5.41) is 3.00. The summed E-state index contributed by atoms with van der Waals surface area (Å²) in [6.45, 7) is 2.20. The molecule has 1 atom stereocenters. The Balaban J connectivity index is 2.43. The van der Waals surface area contributed by atoms with Gasteiger partial charge in [-0.25, -0.2) is 0 Å². The zero-order valence-corrected chi connectivity index (χ0v) is 9.44. The summed E-state index contributed by atoms with van der Waals surface area (Å²) in [5.41, 5.74) is 9.56. The van der Waals surface area contributed by atoms with Gasteiger partial charge in [0.05, 0.1) is 5.49 Å². The van der Waals surface area contributed by atoms with Crippen molar-refractivity contribution in [1.82, 2.24) is 5.32 Å². The molecule has 0 heterocycles. The van der Waals surface area contributed by atoms with Crippen LogP contribution in [0.1, 0.15) is 32.6 Å². The van der Waals surface area contributed by atoms with Crippen molar-refractivity contribution < 1.29 is 0 Å². The first-order chi connectivity index (χ1) is 6.76. The van der Waals surface area contributed by atoms with Gasteiger partial charge in [-0.1, -0.05) is 23.9 Å². The maximum Gasteiger partial charge on any atom is 0.0656 e. The van der Waals surface area contributed by atoms with Crippen LogP contribution < -0.4 is 11.1 Å². The zero-order chi connectivity index (χ0) is 10.4. The number of rotatable bonds is 4. The topological polar surface area (TPSA) is 38.0 Å². The molecule has 0 aromatic carbocycles. The van der Waals surface area contributed by atoms with Gasteiger partial charge in [0.25, 0.3) is 0 Å². The second-order valence-corrected chi connectivity index (χ2v) is 4.09. The number of hydrogen-bond donors (Lipinski definition) is 2. The van der Waals surface area contributed by atoms with E-state index in [9.17, 15) is 0 Å². The smallest absolute Gasteiger partial charge is 0.0656 e. The molecule has 0 aromatic rings. The molecule has 1 aliphatic carbocycles. The molecular weight excluding hydrogens is 192 g/mol. The summed E-state index contributed by atoms with van der Waals surface area (Å²) >= 11 is 4.74. The predicted octanol–water partition coefficient (Wildman–Crippen LogP) is 2.47. The Kier molecular flexibility index (Phi) is 4.66. The molecule has 0 bridgehead atoms. The Morgan fingerprint density at radius 3 is 3.14 bits per heavy atom. The average molecular weight is 210 g/mol. The van der Waals surface area contributed by atoms with E-state index in [4.69, 9.17) is 18.0 Å². The Bertz CT molecular complexity index is 256. The molecule has 14 heavy (non-hydrogen) atoms. The first-order valence-electron chi connectivity index (χ1n) is 5.03. The first-order valence-corrected chi connectivity index (χ1v) is 5.50. The fraction of sp³-hybridized carbons (Fsp3) is 0.545. The highest BCUT2D eigenvalue weighted by Crippen LogP contribution is 2.27. The highest BCUT2D eigenvalue weighted by atomic mass is 32.1. The zero-order valence-electron chi connectivity index (χ0n) is 8.62. The standard InChI is InChI=1S/C11H18N2S/c1-9-3-2-4-10(5-9)6-11(7-12)13-8-14/h3,7-8,10H,2,4-6,12H2,1H3,(H,13,14)/b11-7-/t10-/m1/s1. The maximum atomic E-state index is 5.51. The Hall–Kier alpha value is -0.830. The highest BCUT2D eigenvalue weighted by molar-refractivity contribution is 7.78. The van der Waals surface area contributed by atoms with E-state index in [1.54, 1.807) is 6.20 Å². The van der Waals surface area contributed by atoms with Crippen LogP contribution >= 0.6 is 12.2 Å². The molecule has 2 nitrogen and oxygen atoms in total. The van der Waals surface area contributed by atoms with Crippen molar-refractivity contribution in [1.29, 1.82) is 0 Å². The van der Waals surface area contributed by atoms with Crippen LogP contribution in [0.2, 0.25) is 0 Å². The van der Waals surface area contributed by atoms with Crippen molar-refractivity contribution in [2.45, 2.75) is 32.6 Å². The van der Waals surface area contributed by atoms with Crippen LogP contribution in [0.25, 0.3) is 0 Å². The molecule has 0 saturated carbocycles. The van der Waals surface area contributed by atoms with Crippen LogP contribution in [0.5, 0.6) is 0 Å². The second-order valence-electron chi connectivity index (χ2n) is 3.86. The van der Waals surface area contributed by atoms with Crippen molar-refractivity contribution >= 4 is 17.7 Å². The monoisotopic (exact) mass is 210 g/mol. The number of hydrogen-bond acceptors (Lipinski definition) is 2. The molecule has 0 amide bonds. The van der Waals surface area contributed by atoms with Gasteiger partial charge in [-0.05, 0) is 38.5 Å². The minimum atomic E-state index is 0.720. The fourth-order valence-corrected chi connectivity index (χ4v) is 2.09. The van der Waals surface area contributed by atoms with E-state index in [0.717, 1.165) is 18.0 Å². The molecule has 0 unspecified atom stereocenters. The first kappa shape index (κ1) is 11.2. The number of allylic oxidation sites excluding steroid dienone is 3. The van der Waals surface area contributed by atoms with Crippen molar-refractivity contribution in [2.75, 3.05) is 0 Å². The van der Waals surface area contributed by atoms with Gasteiger partial charge in [-0.15, -0.1) is 0 Å². The van der Waals surface area contributed by atoms with Gasteiger partial charge in [-0.2, -0.15) is 0 Å². The predicted molar refractivity (Wildman–Crippen MR) is 64.8 cm³/mol. The lowest BCUT2D eigenvalue weighted by atomic mass is 9.86. The molecule has 0 radical (unpaired) electrons. The molecule has 1 rings (SSSR count). The minimum absolute atomic E-state index is 0.720. The van der Waals surface area contributed by atoms with Crippen molar-refractivity contribution in [2.24, 2.45) is 11.7 Å². The lowest BCUT2D eigenvalue weighted by Crippen LogP contribution is -2.16. The largest absolute Gasteiger partial charge is 0.403 e. The molecule has 3 N–H and O–H groups in total. The normalized spacial score (nSPS) is 22.8. The quantitative estimate of drug-likeness (QED) is 0.553. The maximum absolute atomic E-state index is 5.51. The van der Waals surface area contributed by atoms with Gasteiger partial charge in [0, 0.05) is 11.9 Å². The van der Waals surface area contributed by atoms with E-state index >= 15 is 0 Å². The number of nitrogens with two attached hydrogens (primary N) is 1. The number of nitrogens with one attached hydrogen (secondary N) is 1. The summed E-state index contributed by atoms with van der Waals surface area (Å²) in [7, 11) is 0. The van der Waals surface area contributed by atoms with Crippen LogP contribution in [0.15, 0.2) is 23.5 Å². The summed E-state index contributed by atoms with van der Waals surface area (Å²) in [5.74, 6) is 0.720. The van der Waals surface area contributed by atoms with Crippen molar-refractivity contribution in [3.63, 3.8) is 0 Å². The van der Waals surface area contributed by atoms with E-state index in [-0.39, 0.29) is 0 Å². The minimum Gasteiger partial charge on any atom is -0.403 e. The summed E-state index contributed by atoms with van der Waals surface area (Å²) < 4.78 is 0. The van der Waals surface area contributed by atoms with Gasteiger partial charge >= 0.3 is 0 Å². The lowest BCUT2D eigenvalue weighted by Gasteiger charge is -2.21. The van der Waals surface area contributed by atoms with Crippen LogP contribution in [0, 0.1) is 5.92 Å². The lowest BCUT2D eigenvalue weighted by molar-refractivity contribution is 0.456. The summed E-state index contributed by atoms with van der Waals surface area (Å²) in [6.07, 6.45) is 8.61. The molecule has 0 spiro atoms. The summed E-state index contributed by atoms with van der Waals surface area (Å²) in [4.78, 5) is 0. The van der Waals surface area contributed by atoms with Crippen molar-refractivity contribution in [3.8, 4) is 0 Å². The van der Waals surface area contributed by atoms with E-state index < -0.39 is 0 Å². The number of thiocarbonyl (C=S) groups is 1. The molecular formula is C11H18N2S. The van der Waals surface area contributed by atoms with E-state index in [1.165, 1.54) is 30.3 Å². The van der Waals surface area contributed by atoms with E-state index in [0.29, 0.717) is 0 Å². The van der Waals surface area contributed by atoms with Gasteiger partial charge in [0.15, 0.2) is 0 Å². The molecule has 1 aliphatic rings. The van der Waals surface area contributed by atoms with Gasteiger partial charge in [0.1, 0.15) is 0 Å². The third-order valence-corrected chi connectivity index (χ3v) is 2.75. The van der Waals surface area contributed by atoms with Crippen LogP contribution in [-0.2, 0) is 0 Å². The molecule has 78 valence electrons. The van der Waals surface area contributed by atoms with Crippen LogP contribution in [0.4, 0.5) is 0 Å². The molecule has 0 saturated heterocycles. The van der Waals surface area contributed by atoms with Crippen LogP contribution in [0.3, 0.4) is 0 Å². The van der Waals surface area contributed by atoms with Crippen molar-refractivity contribution in [3.05, 3.63) is 23.5 Å². The Morgan fingerprint density at radius 2 is 2.57 bits per heavy atom.